The maximum atomic E-state index is 5.95. The molecule has 8 nitrogen and oxygen atoms in total. The molecule has 0 amide bonds. The largest absolute Gasteiger partial charge is 0.497 e. The second-order valence-corrected chi connectivity index (χ2v) is 10.3. The van der Waals surface area contributed by atoms with Crippen molar-refractivity contribution in [1.82, 2.24) is 4.98 Å². The molecule has 0 radical (unpaired) electrons. The molecule has 1 aromatic heterocycles. The van der Waals surface area contributed by atoms with Gasteiger partial charge in [-0.15, -0.1) is 0 Å². The molecular weight excluding hydrogens is 542 g/mol. The summed E-state index contributed by atoms with van der Waals surface area (Å²) in [5.41, 5.74) is 5.80. The van der Waals surface area contributed by atoms with Crippen molar-refractivity contribution in [2.24, 2.45) is 0 Å². The molecule has 0 aliphatic carbocycles. The molecule has 3 aromatic carbocycles. The van der Waals surface area contributed by atoms with Gasteiger partial charge in [0.1, 0.15) is 12.4 Å². The number of rotatable bonds is 16. The van der Waals surface area contributed by atoms with Crippen LogP contribution in [-0.2, 0) is 33.9 Å². The summed E-state index contributed by atoms with van der Waals surface area (Å²) in [6.07, 6.45) is 1.79. The highest BCUT2D eigenvalue weighted by molar-refractivity contribution is 5.52. The van der Waals surface area contributed by atoms with Crippen molar-refractivity contribution in [2.75, 3.05) is 69.6 Å². The van der Waals surface area contributed by atoms with E-state index >= 15 is 0 Å². The second-order valence-electron chi connectivity index (χ2n) is 10.3. The van der Waals surface area contributed by atoms with E-state index in [0.717, 1.165) is 55.4 Å². The van der Waals surface area contributed by atoms with Crippen LogP contribution >= 0.6 is 0 Å². The first-order valence-corrected chi connectivity index (χ1v) is 14.8. The molecular formula is C35H41N3O5. The van der Waals surface area contributed by atoms with E-state index in [-0.39, 0.29) is 0 Å². The van der Waals surface area contributed by atoms with E-state index in [4.69, 9.17) is 23.7 Å². The van der Waals surface area contributed by atoms with Crippen molar-refractivity contribution in [3.63, 3.8) is 0 Å². The van der Waals surface area contributed by atoms with Gasteiger partial charge in [-0.25, -0.2) is 4.98 Å². The first-order chi connectivity index (χ1) is 21.3. The van der Waals surface area contributed by atoms with E-state index in [1.807, 2.05) is 42.5 Å². The highest BCUT2D eigenvalue weighted by Crippen LogP contribution is 2.26. The summed E-state index contributed by atoms with van der Waals surface area (Å²) < 4.78 is 28.3. The lowest BCUT2D eigenvalue weighted by Crippen LogP contribution is -2.36. The molecule has 1 aliphatic rings. The van der Waals surface area contributed by atoms with Gasteiger partial charge < -0.3 is 33.5 Å². The minimum absolute atomic E-state index is 0.411. The van der Waals surface area contributed by atoms with E-state index < -0.39 is 0 Å². The third-order valence-electron chi connectivity index (χ3n) is 7.24. The maximum absolute atomic E-state index is 5.95. The minimum Gasteiger partial charge on any atom is -0.497 e. The van der Waals surface area contributed by atoms with Crippen LogP contribution < -0.4 is 19.3 Å². The number of methoxy groups -OCH3 is 1. The third kappa shape index (κ3) is 9.71. The Hall–Kier alpha value is -4.11. The van der Waals surface area contributed by atoms with Gasteiger partial charge in [-0.3, -0.25) is 0 Å². The Morgan fingerprint density at radius 3 is 2.30 bits per heavy atom. The minimum atomic E-state index is 0.411. The quantitative estimate of drug-likeness (QED) is 0.155. The van der Waals surface area contributed by atoms with Gasteiger partial charge in [-0.2, -0.15) is 0 Å². The molecule has 43 heavy (non-hydrogen) atoms. The Morgan fingerprint density at radius 2 is 1.49 bits per heavy atom. The molecule has 0 N–H and O–H groups in total. The third-order valence-corrected chi connectivity index (χ3v) is 7.24. The number of hydrogen-bond donors (Lipinski definition) is 0. The first-order valence-electron chi connectivity index (χ1n) is 14.8. The Labute approximate surface area is 254 Å². The predicted octanol–water partition coefficient (Wildman–Crippen LogP) is 5.75. The zero-order valence-corrected chi connectivity index (χ0v) is 24.9. The fourth-order valence-corrected chi connectivity index (χ4v) is 4.95. The summed E-state index contributed by atoms with van der Waals surface area (Å²) in [5.74, 6) is 1.41. The molecule has 0 spiro atoms. The second kappa shape index (κ2) is 16.5. The highest BCUT2D eigenvalue weighted by Gasteiger charge is 2.14. The molecule has 0 unspecified atom stereocenters. The normalized spacial score (nSPS) is 13.1. The molecule has 2 heterocycles. The summed E-state index contributed by atoms with van der Waals surface area (Å²) >= 11 is 0. The highest BCUT2D eigenvalue weighted by atomic mass is 16.5. The number of hydrogen-bond acceptors (Lipinski definition) is 8. The van der Waals surface area contributed by atoms with Crippen molar-refractivity contribution in [3.05, 3.63) is 114 Å². The van der Waals surface area contributed by atoms with Gasteiger partial charge in [-0.05, 0) is 47.0 Å². The summed E-state index contributed by atoms with van der Waals surface area (Å²) in [6.45, 7) is 7.35. The van der Waals surface area contributed by atoms with Crippen molar-refractivity contribution in [1.29, 1.82) is 0 Å². The number of nitrogens with zero attached hydrogens (tertiary/aromatic N) is 3. The van der Waals surface area contributed by atoms with E-state index in [2.05, 4.69) is 63.3 Å². The fourth-order valence-electron chi connectivity index (χ4n) is 4.95. The van der Waals surface area contributed by atoms with Gasteiger partial charge in [-0.1, -0.05) is 54.6 Å². The van der Waals surface area contributed by atoms with Crippen LogP contribution in [0.1, 0.15) is 16.7 Å². The SMILES string of the molecule is COc1cccc(CN(Cc2ccc(N3CCOCC3)cc2)c2ccnc(OCCOCCOCc3ccccc3)c2)c1. The summed E-state index contributed by atoms with van der Waals surface area (Å²) in [5, 5.41) is 0. The zero-order chi connectivity index (χ0) is 29.5. The fraction of sp³-hybridized carbons (Fsp3) is 0.343. The average molecular weight is 584 g/mol. The Morgan fingerprint density at radius 1 is 0.744 bits per heavy atom. The Balaban J connectivity index is 1.17. The van der Waals surface area contributed by atoms with Gasteiger partial charge in [0.25, 0.3) is 0 Å². The van der Waals surface area contributed by atoms with Crippen LogP contribution in [0, 0.1) is 0 Å². The van der Waals surface area contributed by atoms with E-state index in [9.17, 15) is 0 Å². The topological polar surface area (TPSA) is 65.5 Å². The number of aromatic nitrogens is 1. The van der Waals surface area contributed by atoms with Crippen LogP contribution in [0.3, 0.4) is 0 Å². The number of anilines is 2. The zero-order valence-electron chi connectivity index (χ0n) is 24.9. The summed E-state index contributed by atoms with van der Waals surface area (Å²) in [4.78, 5) is 9.14. The van der Waals surface area contributed by atoms with Gasteiger partial charge >= 0.3 is 0 Å². The number of ether oxygens (including phenoxy) is 5. The monoisotopic (exact) mass is 583 g/mol. The van der Waals surface area contributed by atoms with Crippen LogP contribution in [0.5, 0.6) is 11.6 Å². The number of pyridine rings is 1. The number of benzene rings is 3. The summed E-state index contributed by atoms with van der Waals surface area (Å²) in [6, 6.07) is 31.2. The van der Waals surface area contributed by atoms with Crippen LogP contribution in [0.25, 0.3) is 0 Å². The standard InChI is InChI=1S/C35H41N3O5/c1-39-34-9-5-8-31(24-34)27-38(26-29-10-12-32(13-11-29)37-16-18-40-19-17-37)33-14-15-36-35(25-33)43-23-22-41-20-21-42-28-30-6-3-2-4-7-30/h2-15,24-25H,16-23,26-28H2,1H3. The van der Waals surface area contributed by atoms with Gasteiger partial charge in [0.05, 0.1) is 46.8 Å². The maximum Gasteiger partial charge on any atom is 0.215 e. The lowest BCUT2D eigenvalue weighted by atomic mass is 10.1. The average Bonchev–Trinajstić information content (AvgIpc) is 3.07. The van der Waals surface area contributed by atoms with Gasteiger partial charge in [0.15, 0.2) is 0 Å². The van der Waals surface area contributed by atoms with E-state index in [1.54, 1.807) is 13.3 Å². The van der Waals surface area contributed by atoms with Crippen LogP contribution in [0.2, 0.25) is 0 Å². The molecule has 0 atom stereocenters. The van der Waals surface area contributed by atoms with Crippen molar-refractivity contribution < 1.29 is 23.7 Å². The molecule has 226 valence electrons. The predicted molar refractivity (Wildman–Crippen MR) is 169 cm³/mol. The smallest absolute Gasteiger partial charge is 0.215 e. The lowest BCUT2D eigenvalue weighted by molar-refractivity contribution is 0.0299. The van der Waals surface area contributed by atoms with Crippen LogP contribution in [0.4, 0.5) is 11.4 Å². The first kappa shape index (κ1) is 30.4. The van der Waals surface area contributed by atoms with E-state index in [0.29, 0.717) is 45.5 Å². The molecule has 4 aromatic rings. The molecule has 1 fully saturated rings. The number of morpholine rings is 1. The van der Waals surface area contributed by atoms with Crippen LogP contribution in [-0.4, -0.2) is 64.8 Å². The van der Waals surface area contributed by atoms with Gasteiger partial charge in [0, 0.05) is 49.8 Å². The Kier molecular flexibility index (Phi) is 11.7. The lowest BCUT2D eigenvalue weighted by Gasteiger charge is -2.29. The van der Waals surface area contributed by atoms with Gasteiger partial charge in [0.2, 0.25) is 5.88 Å². The molecule has 0 saturated carbocycles. The van der Waals surface area contributed by atoms with Crippen LogP contribution in [0.15, 0.2) is 97.2 Å². The Bertz CT molecular complexity index is 1360. The molecule has 1 aliphatic heterocycles. The van der Waals surface area contributed by atoms with E-state index in [1.165, 1.54) is 11.3 Å². The molecule has 5 rings (SSSR count). The molecule has 1 saturated heterocycles. The van der Waals surface area contributed by atoms with Crippen molar-refractivity contribution >= 4 is 11.4 Å². The van der Waals surface area contributed by atoms with Crippen molar-refractivity contribution in [3.8, 4) is 11.6 Å². The molecule has 0 bridgehead atoms. The molecule has 8 heteroatoms. The summed E-state index contributed by atoms with van der Waals surface area (Å²) in [7, 11) is 1.70. The van der Waals surface area contributed by atoms with Crippen molar-refractivity contribution in [2.45, 2.75) is 19.7 Å².